The van der Waals surface area contributed by atoms with Crippen LogP contribution in [0.1, 0.15) is 389 Å². The number of aliphatic hydroxyl groups excluding tert-OH is 1. The van der Waals surface area contributed by atoms with Gasteiger partial charge in [0.2, 0.25) is 0 Å². The van der Waals surface area contributed by atoms with Crippen molar-refractivity contribution in [2.24, 2.45) is 23.7 Å². The van der Waals surface area contributed by atoms with Crippen LogP contribution in [0.3, 0.4) is 0 Å². The van der Waals surface area contributed by atoms with Gasteiger partial charge in [0.05, 0.1) is 26.4 Å². The van der Waals surface area contributed by atoms with Crippen molar-refractivity contribution in [3.05, 3.63) is 0 Å². The first-order valence-corrected chi connectivity index (χ1v) is 42.7. The second-order valence-corrected chi connectivity index (χ2v) is 32.6. The number of esters is 4. The van der Waals surface area contributed by atoms with Gasteiger partial charge in [-0.3, -0.25) is 37.3 Å². The zero-order valence-electron chi connectivity index (χ0n) is 63.0. The van der Waals surface area contributed by atoms with Gasteiger partial charge in [0, 0.05) is 25.7 Å². The summed E-state index contributed by atoms with van der Waals surface area (Å²) in [7, 11) is -9.91. The van der Waals surface area contributed by atoms with Gasteiger partial charge in [0.1, 0.15) is 19.3 Å². The van der Waals surface area contributed by atoms with Crippen molar-refractivity contribution in [1.82, 2.24) is 0 Å². The van der Waals surface area contributed by atoms with Crippen molar-refractivity contribution >= 4 is 39.5 Å². The van der Waals surface area contributed by atoms with Crippen LogP contribution >= 0.6 is 15.6 Å². The number of carbonyl (C=O) groups is 4. The summed E-state index contributed by atoms with van der Waals surface area (Å²) >= 11 is 0. The van der Waals surface area contributed by atoms with Crippen LogP contribution in [0, 0.1) is 23.7 Å². The van der Waals surface area contributed by atoms with Gasteiger partial charge in [-0.1, -0.05) is 338 Å². The van der Waals surface area contributed by atoms with E-state index in [2.05, 4.69) is 55.4 Å². The molecule has 19 heteroatoms. The maximum absolute atomic E-state index is 13.1. The molecule has 0 aliphatic rings. The van der Waals surface area contributed by atoms with E-state index in [0.717, 1.165) is 114 Å². The first kappa shape index (κ1) is 94.1. The maximum atomic E-state index is 13.1. The SMILES string of the molecule is CC(C)CCCCCCCCCCCCCCCCC(=O)OC[C@H](COP(=O)(O)OCC(O)COP(=O)(O)OC[C@@H](COC(=O)CCCCCCCCC(C)C)OC(=O)CCCCCCCCCCCCCCCCC(C)C)OC(=O)CCCCCCCCCCCCC(C)C. The average molecular weight is 1410 g/mol. The van der Waals surface area contributed by atoms with E-state index in [0.29, 0.717) is 31.6 Å². The summed E-state index contributed by atoms with van der Waals surface area (Å²) in [6, 6.07) is 0. The quantitative estimate of drug-likeness (QED) is 0.0222. The Morgan fingerprint density at radius 2 is 0.438 bits per heavy atom. The monoisotopic (exact) mass is 1410 g/mol. The fraction of sp³-hybridized carbons (Fsp3) is 0.948. The van der Waals surface area contributed by atoms with Crippen molar-refractivity contribution < 1.29 is 80.2 Å². The average Bonchev–Trinajstić information content (AvgIpc) is 2.78. The summed E-state index contributed by atoms with van der Waals surface area (Å²) < 4.78 is 68.5. The van der Waals surface area contributed by atoms with Crippen LogP contribution < -0.4 is 0 Å². The predicted molar refractivity (Wildman–Crippen MR) is 391 cm³/mol. The van der Waals surface area contributed by atoms with Crippen LogP contribution in [0.5, 0.6) is 0 Å². The van der Waals surface area contributed by atoms with Crippen molar-refractivity contribution in [1.29, 1.82) is 0 Å². The lowest BCUT2D eigenvalue weighted by atomic mass is 10.0. The number of rotatable bonds is 74. The molecule has 0 saturated heterocycles. The van der Waals surface area contributed by atoms with Crippen molar-refractivity contribution in [2.45, 2.75) is 408 Å². The topological polar surface area (TPSA) is 237 Å². The van der Waals surface area contributed by atoms with Gasteiger partial charge in [-0.15, -0.1) is 0 Å². The lowest BCUT2D eigenvalue weighted by molar-refractivity contribution is -0.161. The van der Waals surface area contributed by atoms with E-state index in [-0.39, 0.29) is 25.7 Å². The summed E-state index contributed by atoms with van der Waals surface area (Å²) in [5.74, 6) is 0.905. The molecule has 0 rings (SSSR count). The molecule has 0 aromatic carbocycles. The molecule has 3 unspecified atom stereocenters. The number of phosphoric ester groups is 2. The summed E-state index contributed by atoms with van der Waals surface area (Å²) in [5, 5.41) is 10.6. The second kappa shape index (κ2) is 66.3. The number of aliphatic hydroxyl groups is 1. The molecule has 0 aliphatic heterocycles. The van der Waals surface area contributed by atoms with Crippen LogP contribution in [-0.2, 0) is 65.4 Å². The minimum absolute atomic E-state index is 0.106. The fourth-order valence-corrected chi connectivity index (χ4v) is 13.3. The molecule has 570 valence electrons. The van der Waals surface area contributed by atoms with E-state index in [1.807, 2.05) is 0 Å². The van der Waals surface area contributed by atoms with E-state index in [1.165, 1.54) is 186 Å². The third-order valence-corrected chi connectivity index (χ3v) is 19.7. The molecular formula is C77H150O17P2. The summed E-state index contributed by atoms with van der Waals surface area (Å²) in [6.45, 7) is 14.2. The van der Waals surface area contributed by atoms with Gasteiger partial charge >= 0.3 is 39.5 Å². The molecule has 0 aromatic rings. The second-order valence-electron chi connectivity index (χ2n) is 29.7. The minimum Gasteiger partial charge on any atom is -0.462 e. The Bertz CT molecular complexity index is 1880. The van der Waals surface area contributed by atoms with Gasteiger partial charge in [-0.2, -0.15) is 0 Å². The zero-order valence-corrected chi connectivity index (χ0v) is 64.8. The van der Waals surface area contributed by atoms with Crippen molar-refractivity contribution in [3.8, 4) is 0 Å². The number of ether oxygens (including phenoxy) is 4. The number of phosphoric acid groups is 2. The predicted octanol–water partition coefficient (Wildman–Crippen LogP) is 22.4. The van der Waals surface area contributed by atoms with E-state index in [9.17, 15) is 43.2 Å². The number of carbonyl (C=O) groups excluding carboxylic acids is 4. The summed E-state index contributed by atoms with van der Waals surface area (Å²) in [6.07, 6.45) is 51.5. The van der Waals surface area contributed by atoms with Gasteiger partial charge in [0.15, 0.2) is 12.2 Å². The molecule has 0 saturated carbocycles. The van der Waals surface area contributed by atoms with Crippen molar-refractivity contribution in [2.75, 3.05) is 39.6 Å². The highest BCUT2D eigenvalue weighted by Gasteiger charge is 2.30. The number of unbranched alkanes of at least 4 members (excludes halogenated alkanes) is 40. The Balaban J connectivity index is 5.21. The molecule has 0 spiro atoms. The summed E-state index contributed by atoms with van der Waals surface area (Å²) in [4.78, 5) is 72.8. The van der Waals surface area contributed by atoms with Crippen LogP contribution in [0.15, 0.2) is 0 Å². The first-order chi connectivity index (χ1) is 46.1. The molecule has 96 heavy (non-hydrogen) atoms. The molecule has 0 heterocycles. The zero-order chi connectivity index (χ0) is 71.0. The number of hydrogen-bond donors (Lipinski definition) is 3. The first-order valence-electron chi connectivity index (χ1n) is 39.7. The third kappa shape index (κ3) is 70.5. The lowest BCUT2D eigenvalue weighted by Crippen LogP contribution is -2.30. The Kier molecular flexibility index (Phi) is 65.0. The van der Waals surface area contributed by atoms with Gasteiger partial charge < -0.3 is 33.8 Å². The van der Waals surface area contributed by atoms with E-state index < -0.39 is 97.5 Å². The van der Waals surface area contributed by atoms with Crippen LogP contribution in [-0.4, -0.2) is 96.7 Å². The molecule has 3 N–H and O–H groups in total. The van der Waals surface area contributed by atoms with Gasteiger partial charge in [-0.05, 0) is 49.4 Å². The third-order valence-electron chi connectivity index (χ3n) is 17.8. The molecule has 0 radical (unpaired) electrons. The van der Waals surface area contributed by atoms with Gasteiger partial charge in [0.25, 0.3) is 0 Å². The van der Waals surface area contributed by atoms with Crippen LogP contribution in [0.4, 0.5) is 0 Å². The molecule has 0 bridgehead atoms. The molecule has 5 atom stereocenters. The Morgan fingerprint density at radius 3 is 0.646 bits per heavy atom. The smallest absolute Gasteiger partial charge is 0.462 e. The Morgan fingerprint density at radius 1 is 0.260 bits per heavy atom. The fourth-order valence-electron chi connectivity index (χ4n) is 11.7. The minimum atomic E-state index is -4.96. The largest absolute Gasteiger partial charge is 0.472 e. The molecule has 0 aliphatic carbocycles. The van der Waals surface area contributed by atoms with E-state index in [4.69, 9.17) is 37.0 Å². The van der Waals surface area contributed by atoms with Gasteiger partial charge in [-0.25, -0.2) is 9.13 Å². The maximum Gasteiger partial charge on any atom is 0.472 e. The van der Waals surface area contributed by atoms with Crippen LogP contribution in [0.25, 0.3) is 0 Å². The molecule has 0 amide bonds. The molecule has 17 nitrogen and oxygen atoms in total. The standard InChI is InChI=1S/C77H150O17P2/c1-67(2)53-45-37-29-23-17-13-9-11-15-19-26-32-41-49-57-74(79)87-63-72(93-77(82)60-52-44-34-28-22-21-25-31-39-47-55-69(5)6)65-91-95(83,84)89-61-71(78)62-90-96(85,86)92-66-73(64-88-75(80)58-50-42-36-35-40-48-56-70(7)8)94-76(81)59-51-43-33-27-20-16-12-10-14-18-24-30-38-46-54-68(3)4/h67-73,78H,9-66H2,1-8H3,(H,83,84)(H,85,86)/t71?,72-,73-/m1/s1. The molecule has 0 aromatic heterocycles. The highest BCUT2D eigenvalue weighted by atomic mass is 31.2. The van der Waals surface area contributed by atoms with Crippen molar-refractivity contribution in [3.63, 3.8) is 0 Å². The van der Waals surface area contributed by atoms with Crippen LogP contribution in [0.2, 0.25) is 0 Å². The number of hydrogen-bond acceptors (Lipinski definition) is 15. The Hall–Kier alpha value is -1.94. The van der Waals surface area contributed by atoms with E-state index >= 15 is 0 Å². The highest BCUT2D eigenvalue weighted by Crippen LogP contribution is 2.45. The molecular weight excluding hydrogens is 1260 g/mol. The Labute approximate surface area is 588 Å². The van der Waals surface area contributed by atoms with E-state index in [1.54, 1.807) is 0 Å². The normalized spacial score (nSPS) is 14.1. The summed E-state index contributed by atoms with van der Waals surface area (Å²) in [5.41, 5.74) is 0. The highest BCUT2D eigenvalue weighted by molar-refractivity contribution is 7.47. The lowest BCUT2D eigenvalue weighted by Gasteiger charge is -2.21. The molecule has 0 fully saturated rings.